The summed E-state index contributed by atoms with van der Waals surface area (Å²) in [7, 11) is 0. The smallest absolute Gasteiger partial charge is 0.117 e. The quantitative estimate of drug-likeness (QED) is 0.615. The standard InChI is InChI=1S/C12H16N2O/c15-9-3-4-11-12(7-9)14-10(5-6-13-11)8-1-2-8/h3-4,7-8,10,13-15H,1-2,5-6H2. The number of phenols is 1. The maximum absolute atomic E-state index is 9.45. The van der Waals surface area contributed by atoms with Crippen molar-refractivity contribution in [2.24, 2.45) is 5.92 Å². The maximum atomic E-state index is 9.45. The first-order chi connectivity index (χ1) is 7.33. The van der Waals surface area contributed by atoms with E-state index in [0.29, 0.717) is 11.8 Å². The summed E-state index contributed by atoms with van der Waals surface area (Å²) in [6.45, 7) is 1.02. The number of anilines is 2. The van der Waals surface area contributed by atoms with Crippen LogP contribution in [0, 0.1) is 5.92 Å². The van der Waals surface area contributed by atoms with E-state index < -0.39 is 0 Å². The molecule has 0 radical (unpaired) electrons. The molecule has 1 unspecified atom stereocenters. The summed E-state index contributed by atoms with van der Waals surface area (Å²) in [5.41, 5.74) is 2.15. The molecule has 1 aliphatic carbocycles. The van der Waals surface area contributed by atoms with Crippen LogP contribution in [0.1, 0.15) is 19.3 Å². The van der Waals surface area contributed by atoms with E-state index in [1.807, 2.05) is 12.1 Å². The minimum Gasteiger partial charge on any atom is -0.508 e. The molecular formula is C12H16N2O. The molecule has 1 aromatic rings. The van der Waals surface area contributed by atoms with Gasteiger partial charge >= 0.3 is 0 Å². The van der Waals surface area contributed by atoms with E-state index in [9.17, 15) is 5.11 Å². The van der Waals surface area contributed by atoms with Crippen LogP contribution in [-0.4, -0.2) is 17.7 Å². The van der Waals surface area contributed by atoms with Crippen LogP contribution in [0.15, 0.2) is 18.2 Å². The lowest BCUT2D eigenvalue weighted by molar-refractivity contribution is 0.475. The Morgan fingerprint density at radius 2 is 2.00 bits per heavy atom. The fourth-order valence-corrected chi connectivity index (χ4v) is 2.29. The second kappa shape index (κ2) is 3.33. The number of phenolic OH excluding ortho intramolecular Hbond substituents is 1. The molecule has 1 aliphatic heterocycles. The van der Waals surface area contributed by atoms with Gasteiger partial charge in [0.25, 0.3) is 0 Å². The zero-order valence-electron chi connectivity index (χ0n) is 8.66. The van der Waals surface area contributed by atoms with E-state index in [0.717, 1.165) is 23.8 Å². The third-order valence-electron chi connectivity index (χ3n) is 3.31. The molecule has 2 aliphatic rings. The molecule has 3 nitrogen and oxygen atoms in total. The molecule has 1 fully saturated rings. The van der Waals surface area contributed by atoms with Crippen molar-refractivity contribution < 1.29 is 5.11 Å². The van der Waals surface area contributed by atoms with Crippen molar-refractivity contribution in [3.05, 3.63) is 18.2 Å². The number of aromatic hydroxyl groups is 1. The average molecular weight is 204 g/mol. The normalized spacial score (nSPS) is 24.7. The Bertz CT molecular complexity index is 374. The van der Waals surface area contributed by atoms with E-state index in [2.05, 4.69) is 10.6 Å². The number of rotatable bonds is 1. The molecule has 3 N–H and O–H groups in total. The van der Waals surface area contributed by atoms with Gasteiger partial charge in [0.15, 0.2) is 0 Å². The lowest BCUT2D eigenvalue weighted by Gasteiger charge is -2.16. The summed E-state index contributed by atoms with van der Waals surface area (Å²) in [5, 5.41) is 16.4. The van der Waals surface area contributed by atoms with E-state index in [1.165, 1.54) is 19.3 Å². The average Bonchev–Trinajstić information content (AvgIpc) is 3.03. The highest BCUT2D eigenvalue weighted by Gasteiger charge is 2.32. The molecule has 0 bridgehead atoms. The van der Waals surface area contributed by atoms with Gasteiger partial charge in [0.2, 0.25) is 0 Å². The summed E-state index contributed by atoms with van der Waals surface area (Å²) in [6, 6.07) is 6.06. The summed E-state index contributed by atoms with van der Waals surface area (Å²) in [5.74, 6) is 1.18. The minimum absolute atomic E-state index is 0.333. The molecule has 80 valence electrons. The van der Waals surface area contributed by atoms with E-state index in [-0.39, 0.29) is 0 Å². The first-order valence-electron chi connectivity index (χ1n) is 5.66. The Hall–Kier alpha value is -1.38. The number of hydrogen-bond acceptors (Lipinski definition) is 3. The maximum Gasteiger partial charge on any atom is 0.117 e. The summed E-state index contributed by atoms with van der Waals surface area (Å²) >= 11 is 0. The first kappa shape index (κ1) is 8.89. The lowest BCUT2D eigenvalue weighted by Crippen LogP contribution is -2.21. The van der Waals surface area contributed by atoms with Gasteiger partial charge in [0.1, 0.15) is 5.75 Å². The van der Waals surface area contributed by atoms with Crippen LogP contribution >= 0.6 is 0 Å². The Balaban J connectivity index is 1.89. The summed E-state index contributed by atoms with van der Waals surface area (Å²) in [4.78, 5) is 0. The fraction of sp³-hybridized carbons (Fsp3) is 0.500. The largest absolute Gasteiger partial charge is 0.508 e. The van der Waals surface area contributed by atoms with Crippen molar-refractivity contribution in [1.29, 1.82) is 0 Å². The minimum atomic E-state index is 0.333. The molecule has 1 heterocycles. The molecule has 15 heavy (non-hydrogen) atoms. The van der Waals surface area contributed by atoms with E-state index >= 15 is 0 Å². The highest BCUT2D eigenvalue weighted by atomic mass is 16.3. The predicted molar refractivity (Wildman–Crippen MR) is 61.3 cm³/mol. The molecular weight excluding hydrogens is 188 g/mol. The van der Waals surface area contributed by atoms with E-state index in [4.69, 9.17) is 0 Å². The lowest BCUT2D eigenvalue weighted by atomic mass is 10.1. The monoisotopic (exact) mass is 204 g/mol. The van der Waals surface area contributed by atoms with Crippen LogP contribution in [0.25, 0.3) is 0 Å². The first-order valence-corrected chi connectivity index (χ1v) is 5.66. The van der Waals surface area contributed by atoms with Crippen molar-refractivity contribution in [2.45, 2.75) is 25.3 Å². The van der Waals surface area contributed by atoms with Crippen molar-refractivity contribution in [1.82, 2.24) is 0 Å². The van der Waals surface area contributed by atoms with Crippen molar-refractivity contribution >= 4 is 11.4 Å². The molecule has 3 heteroatoms. The zero-order valence-corrected chi connectivity index (χ0v) is 8.66. The number of hydrogen-bond donors (Lipinski definition) is 3. The van der Waals surface area contributed by atoms with Gasteiger partial charge in [-0.25, -0.2) is 0 Å². The highest BCUT2D eigenvalue weighted by Crippen LogP contribution is 2.38. The van der Waals surface area contributed by atoms with Gasteiger partial charge in [-0.15, -0.1) is 0 Å². The number of fused-ring (bicyclic) bond motifs is 1. The highest BCUT2D eigenvalue weighted by molar-refractivity contribution is 5.71. The van der Waals surface area contributed by atoms with Gasteiger partial charge in [0, 0.05) is 18.7 Å². The molecule has 3 rings (SSSR count). The van der Waals surface area contributed by atoms with Gasteiger partial charge in [-0.2, -0.15) is 0 Å². The van der Waals surface area contributed by atoms with E-state index in [1.54, 1.807) is 6.07 Å². The van der Waals surface area contributed by atoms with Gasteiger partial charge < -0.3 is 15.7 Å². The zero-order chi connectivity index (χ0) is 10.3. The van der Waals surface area contributed by atoms with Gasteiger partial charge in [-0.3, -0.25) is 0 Å². The van der Waals surface area contributed by atoms with Crippen LogP contribution < -0.4 is 10.6 Å². The summed E-state index contributed by atoms with van der Waals surface area (Å²) in [6.07, 6.45) is 3.87. The molecule has 1 aromatic carbocycles. The summed E-state index contributed by atoms with van der Waals surface area (Å²) < 4.78 is 0. The predicted octanol–water partition coefficient (Wildman–Crippen LogP) is 2.40. The van der Waals surface area contributed by atoms with Crippen LogP contribution in [0.4, 0.5) is 11.4 Å². The molecule has 0 aromatic heterocycles. The fourth-order valence-electron chi connectivity index (χ4n) is 2.29. The molecule has 0 spiro atoms. The number of nitrogens with one attached hydrogen (secondary N) is 2. The van der Waals surface area contributed by atoms with Crippen LogP contribution in [0.5, 0.6) is 5.75 Å². The Kier molecular flexibility index (Phi) is 1.97. The second-order valence-corrected chi connectivity index (χ2v) is 4.53. The molecule has 0 amide bonds. The Labute approximate surface area is 89.5 Å². The molecule has 1 saturated carbocycles. The van der Waals surface area contributed by atoms with Crippen LogP contribution in [-0.2, 0) is 0 Å². The topological polar surface area (TPSA) is 44.3 Å². The third kappa shape index (κ3) is 1.74. The van der Waals surface area contributed by atoms with Crippen molar-refractivity contribution in [3.63, 3.8) is 0 Å². The second-order valence-electron chi connectivity index (χ2n) is 4.53. The van der Waals surface area contributed by atoms with Crippen molar-refractivity contribution in [2.75, 3.05) is 17.2 Å². The van der Waals surface area contributed by atoms with Crippen LogP contribution in [0.3, 0.4) is 0 Å². The SMILES string of the molecule is Oc1ccc2c(c1)NC(C1CC1)CCN2. The van der Waals surface area contributed by atoms with Crippen LogP contribution in [0.2, 0.25) is 0 Å². The van der Waals surface area contributed by atoms with Crippen molar-refractivity contribution in [3.8, 4) is 5.75 Å². The Morgan fingerprint density at radius 3 is 2.80 bits per heavy atom. The molecule has 1 atom stereocenters. The third-order valence-corrected chi connectivity index (χ3v) is 3.31. The van der Waals surface area contributed by atoms with Gasteiger partial charge in [-0.1, -0.05) is 0 Å². The number of benzene rings is 1. The van der Waals surface area contributed by atoms with Gasteiger partial charge in [0.05, 0.1) is 11.4 Å². The molecule has 0 saturated heterocycles. The Morgan fingerprint density at radius 1 is 1.13 bits per heavy atom. The van der Waals surface area contributed by atoms with Gasteiger partial charge in [-0.05, 0) is 37.3 Å².